The van der Waals surface area contributed by atoms with Crippen LogP contribution >= 0.6 is 0 Å². The zero-order valence-corrected chi connectivity index (χ0v) is 14.1. The minimum atomic E-state index is 0.0399. The minimum absolute atomic E-state index is 0.0399. The Labute approximate surface area is 142 Å². The molecule has 0 atom stereocenters. The number of rotatable bonds is 4. The highest BCUT2D eigenvalue weighted by Crippen LogP contribution is 2.22. The predicted molar refractivity (Wildman–Crippen MR) is 92.9 cm³/mol. The Morgan fingerprint density at radius 3 is 2.46 bits per heavy atom. The zero-order valence-electron chi connectivity index (χ0n) is 14.1. The number of aryl methyl sites for hydroxylation is 1. The summed E-state index contributed by atoms with van der Waals surface area (Å²) in [6.07, 6.45) is 0. The van der Waals surface area contributed by atoms with E-state index in [0.717, 1.165) is 30.2 Å². The molecule has 0 spiro atoms. The van der Waals surface area contributed by atoms with Crippen LogP contribution in [-0.4, -0.2) is 60.9 Å². The molecule has 1 aromatic heterocycles. The van der Waals surface area contributed by atoms with Crippen molar-refractivity contribution in [2.24, 2.45) is 0 Å². The van der Waals surface area contributed by atoms with Gasteiger partial charge in [0.05, 0.1) is 5.69 Å². The van der Waals surface area contributed by atoms with Crippen molar-refractivity contribution in [2.45, 2.75) is 6.92 Å². The number of nitrogens with zero attached hydrogens (tertiary/aromatic N) is 4. The van der Waals surface area contributed by atoms with E-state index in [0.29, 0.717) is 13.1 Å². The number of methoxy groups -OCH3 is 1. The van der Waals surface area contributed by atoms with E-state index in [2.05, 4.69) is 34.2 Å². The van der Waals surface area contributed by atoms with Crippen molar-refractivity contribution in [3.63, 3.8) is 0 Å². The summed E-state index contributed by atoms with van der Waals surface area (Å²) in [6.45, 7) is 5.10. The first-order valence-corrected chi connectivity index (χ1v) is 8.10. The molecule has 2 heterocycles. The largest absolute Gasteiger partial charge is 0.375 e. The molecule has 1 aliphatic heterocycles. The second-order valence-electron chi connectivity index (χ2n) is 5.89. The Morgan fingerprint density at radius 2 is 1.83 bits per heavy atom. The highest BCUT2D eigenvalue weighted by molar-refractivity contribution is 5.77. The Morgan fingerprint density at radius 1 is 1.08 bits per heavy atom. The number of benzene rings is 1. The summed E-state index contributed by atoms with van der Waals surface area (Å²) in [5.41, 5.74) is 3.17. The maximum atomic E-state index is 11.8. The second kappa shape index (κ2) is 7.40. The molecule has 0 aliphatic carbocycles. The van der Waals surface area contributed by atoms with Crippen LogP contribution in [0.25, 0.3) is 11.3 Å². The predicted octanol–water partition coefficient (Wildman–Crippen LogP) is 1.75. The Hall–Kier alpha value is -2.47. The summed E-state index contributed by atoms with van der Waals surface area (Å²) in [5.74, 6) is 0.893. The average Bonchev–Trinajstić information content (AvgIpc) is 2.63. The first-order valence-electron chi connectivity index (χ1n) is 8.10. The van der Waals surface area contributed by atoms with Crippen molar-refractivity contribution in [1.82, 2.24) is 15.1 Å². The summed E-state index contributed by atoms with van der Waals surface area (Å²) >= 11 is 0. The summed E-state index contributed by atoms with van der Waals surface area (Å²) < 4.78 is 4.91. The molecule has 1 fully saturated rings. The van der Waals surface area contributed by atoms with E-state index in [9.17, 15) is 4.79 Å². The summed E-state index contributed by atoms with van der Waals surface area (Å²) in [5, 5.41) is 8.75. The first kappa shape index (κ1) is 16.4. The van der Waals surface area contributed by atoms with E-state index in [1.165, 1.54) is 5.56 Å². The number of amides is 1. The van der Waals surface area contributed by atoms with Gasteiger partial charge in [-0.15, -0.1) is 10.2 Å². The minimum Gasteiger partial charge on any atom is -0.375 e. The Bertz CT molecular complexity index is 694. The molecule has 6 nitrogen and oxygen atoms in total. The number of aromatic nitrogens is 2. The van der Waals surface area contributed by atoms with Gasteiger partial charge in [0.15, 0.2) is 5.82 Å². The summed E-state index contributed by atoms with van der Waals surface area (Å²) in [4.78, 5) is 15.8. The van der Waals surface area contributed by atoms with E-state index in [1.807, 2.05) is 29.2 Å². The molecule has 1 saturated heterocycles. The van der Waals surface area contributed by atoms with Crippen molar-refractivity contribution in [3.8, 4) is 11.3 Å². The summed E-state index contributed by atoms with van der Waals surface area (Å²) in [6, 6.07) is 12.2. The van der Waals surface area contributed by atoms with Crippen molar-refractivity contribution in [3.05, 3.63) is 42.0 Å². The monoisotopic (exact) mass is 326 g/mol. The lowest BCUT2D eigenvalue weighted by Gasteiger charge is -2.35. The summed E-state index contributed by atoms with van der Waals surface area (Å²) in [7, 11) is 1.54. The van der Waals surface area contributed by atoms with Crippen LogP contribution in [-0.2, 0) is 9.53 Å². The van der Waals surface area contributed by atoms with Crippen LogP contribution in [0.1, 0.15) is 5.56 Å². The Balaban J connectivity index is 1.65. The number of ether oxygens (including phenoxy) is 1. The van der Waals surface area contributed by atoms with Crippen molar-refractivity contribution < 1.29 is 9.53 Å². The smallest absolute Gasteiger partial charge is 0.248 e. The zero-order chi connectivity index (χ0) is 16.9. The third-order valence-corrected chi connectivity index (χ3v) is 4.30. The Kier molecular flexibility index (Phi) is 5.05. The molecule has 126 valence electrons. The highest BCUT2D eigenvalue weighted by atomic mass is 16.5. The van der Waals surface area contributed by atoms with Crippen LogP contribution in [0.2, 0.25) is 0 Å². The van der Waals surface area contributed by atoms with Crippen LogP contribution in [0.4, 0.5) is 5.82 Å². The van der Waals surface area contributed by atoms with Gasteiger partial charge in [0.25, 0.3) is 0 Å². The molecule has 6 heteroatoms. The van der Waals surface area contributed by atoms with Gasteiger partial charge < -0.3 is 14.5 Å². The maximum Gasteiger partial charge on any atom is 0.248 e. The fourth-order valence-electron chi connectivity index (χ4n) is 2.90. The number of anilines is 1. The fraction of sp³-hybridized carbons (Fsp3) is 0.389. The molecule has 0 N–H and O–H groups in total. The number of piperazine rings is 1. The molecule has 0 saturated carbocycles. The molecule has 0 radical (unpaired) electrons. The molecule has 0 bridgehead atoms. The molecular weight excluding hydrogens is 304 g/mol. The van der Waals surface area contributed by atoms with Crippen LogP contribution in [0.15, 0.2) is 36.4 Å². The third kappa shape index (κ3) is 3.54. The lowest BCUT2D eigenvalue weighted by Crippen LogP contribution is -2.50. The number of carbonyl (C=O) groups excluding carboxylic acids is 1. The molecule has 1 aromatic carbocycles. The SMILES string of the molecule is COCC(=O)N1CCN(c2ccc(-c3ccccc3C)nn2)CC1. The lowest BCUT2D eigenvalue weighted by molar-refractivity contribution is -0.135. The van der Waals surface area contributed by atoms with Crippen molar-refractivity contribution >= 4 is 11.7 Å². The molecule has 3 rings (SSSR count). The average molecular weight is 326 g/mol. The van der Waals surface area contributed by atoms with Crippen LogP contribution < -0.4 is 4.90 Å². The number of hydrogen-bond donors (Lipinski definition) is 0. The van der Waals surface area contributed by atoms with Crippen molar-refractivity contribution in [1.29, 1.82) is 0 Å². The van der Waals surface area contributed by atoms with Crippen molar-refractivity contribution in [2.75, 3.05) is 44.8 Å². The molecular formula is C18H22N4O2. The molecule has 1 amide bonds. The molecule has 0 unspecified atom stereocenters. The molecule has 2 aromatic rings. The third-order valence-electron chi connectivity index (χ3n) is 4.30. The van der Waals surface area contributed by atoms with Crippen LogP contribution in [0.3, 0.4) is 0 Å². The lowest BCUT2D eigenvalue weighted by atomic mass is 10.1. The quantitative estimate of drug-likeness (QED) is 0.857. The van der Waals surface area contributed by atoms with Gasteiger partial charge in [-0.05, 0) is 24.6 Å². The van der Waals surface area contributed by atoms with Gasteiger partial charge in [0.1, 0.15) is 6.61 Å². The van der Waals surface area contributed by atoms with Gasteiger partial charge in [0.2, 0.25) is 5.91 Å². The topological polar surface area (TPSA) is 58.6 Å². The van der Waals surface area contributed by atoms with E-state index >= 15 is 0 Å². The van der Waals surface area contributed by atoms with E-state index in [1.54, 1.807) is 7.11 Å². The van der Waals surface area contributed by atoms with E-state index in [4.69, 9.17) is 4.74 Å². The first-order chi connectivity index (χ1) is 11.7. The normalized spacial score (nSPS) is 14.8. The van der Waals surface area contributed by atoms with Crippen LogP contribution in [0, 0.1) is 6.92 Å². The second-order valence-corrected chi connectivity index (χ2v) is 5.89. The van der Waals surface area contributed by atoms with E-state index in [-0.39, 0.29) is 12.5 Å². The fourth-order valence-corrected chi connectivity index (χ4v) is 2.90. The molecule has 24 heavy (non-hydrogen) atoms. The number of hydrogen-bond acceptors (Lipinski definition) is 5. The highest BCUT2D eigenvalue weighted by Gasteiger charge is 2.21. The van der Waals surface area contributed by atoms with Gasteiger partial charge >= 0.3 is 0 Å². The maximum absolute atomic E-state index is 11.8. The van der Waals surface area contributed by atoms with E-state index < -0.39 is 0 Å². The van der Waals surface area contributed by atoms with Gasteiger partial charge in [-0.3, -0.25) is 4.79 Å². The van der Waals surface area contributed by atoms with Gasteiger partial charge in [-0.2, -0.15) is 0 Å². The van der Waals surface area contributed by atoms with Gasteiger partial charge in [-0.1, -0.05) is 24.3 Å². The number of carbonyl (C=O) groups is 1. The molecule has 1 aliphatic rings. The van der Waals surface area contributed by atoms with Crippen LogP contribution in [0.5, 0.6) is 0 Å². The van der Waals surface area contributed by atoms with Gasteiger partial charge in [0, 0.05) is 38.9 Å². The standard InChI is InChI=1S/C18H22N4O2/c1-14-5-3-4-6-15(14)16-7-8-17(20-19-16)21-9-11-22(12-10-21)18(23)13-24-2/h3-8H,9-13H2,1-2H3. The van der Waals surface area contributed by atoms with Gasteiger partial charge in [-0.25, -0.2) is 0 Å².